The minimum absolute atomic E-state index is 0.0350. The molecule has 0 saturated carbocycles. The second kappa shape index (κ2) is 12.5. The highest BCUT2D eigenvalue weighted by Gasteiger charge is 2.36. The zero-order chi connectivity index (χ0) is 39.7. The summed E-state index contributed by atoms with van der Waals surface area (Å²) in [5, 5.41) is 7.87. The van der Waals surface area contributed by atoms with E-state index in [2.05, 4.69) is 202 Å². The van der Waals surface area contributed by atoms with Gasteiger partial charge in [0.15, 0.2) is 0 Å². The summed E-state index contributed by atoms with van der Waals surface area (Å²) in [6.07, 6.45) is 1.88. The quantitative estimate of drug-likeness (QED) is 0.124. The Kier molecular flexibility index (Phi) is 7.06. The predicted octanol–water partition coefficient (Wildman–Crippen LogP) is 15.4. The second-order valence-electron chi connectivity index (χ2n) is 17.9. The summed E-state index contributed by atoms with van der Waals surface area (Å²) in [6, 6.07) is 71.8. The molecular formula is C60H42. The van der Waals surface area contributed by atoms with Gasteiger partial charge in [-0.15, -0.1) is 0 Å². The van der Waals surface area contributed by atoms with Crippen molar-refractivity contribution in [3.63, 3.8) is 0 Å². The van der Waals surface area contributed by atoms with E-state index in [9.17, 15) is 0 Å². The van der Waals surface area contributed by atoms with Gasteiger partial charge in [-0.3, -0.25) is 0 Å². The van der Waals surface area contributed by atoms with Crippen LogP contribution in [0, 0.1) is 0 Å². The van der Waals surface area contributed by atoms with Crippen molar-refractivity contribution in [1.82, 2.24) is 0 Å². The van der Waals surface area contributed by atoms with Gasteiger partial charge in [-0.1, -0.05) is 190 Å². The van der Waals surface area contributed by atoms with Crippen molar-refractivity contribution in [2.24, 2.45) is 0 Å². The van der Waals surface area contributed by atoms with E-state index in [1.807, 2.05) is 0 Å². The zero-order valence-electron chi connectivity index (χ0n) is 33.9. The molecule has 0 bridgehead atoms. The molecule has 3 aliphatic rings. The van der Waals surface area contributed by atoms with Crippen molar-refractivity contribution in [3.05, 3.63) is 238 Å². The highest BCUT2D eigenvalue weighted by atomic mass is 14.4. The van der Waals surface area contributed by atoms with Gasteiger partial charge in [0.1, 0.15) is 0 Å². The van der Waals surface area contributed by atoms with Gasteiger partial charge in [-0.2, -0.15) is 0 Å². The molecule has 0 heterocycles. The van der Waals surface area contributed by atoms with Crippen LogP contribution in [-0.2, 0) is 18.3 Å². The Morgan fingerprint density at radius 2 is 0.950 bits per heavy atom. The number of fused-ring (bicyclic) bond motifs is 13. The molecule has 0 nitrogen and oxygen atoms in total. The van der Waals surface area contributed by atoms with Crippen LogP contribution >= 0.6 is 0 Å². The second-order valence-corrected chi connectivity index (χ2v) is 17.9. The summed E-state index contributed by atoms with van der Waals surface area (Å²) in [4.78, 5) is 0. The summed E-state index contributed by atoms with van der Waals surface area (Å²) in [6.45, 7) is 4.80. The monoisotopic (exact) mass is 762 g/mol. The standard InChI is InChI=1S/C60H42/c1-60(2)56-25-12-11-22-49(56)50-29-27-40(35-57(50)60)58(54-33-37-15-4-6-17-42(37)46-20-9-10-21-48(46)54)39-26-28-44-41(30-39)34-55-52(44)32-38-16-5-8-19-45(38)59(55)51-24-13-23-47-43-18-7-3-14-36(43)31-53(47)51/h3-30,32-33,35,58H,31,34H2,1-2H3. The molecule has 0 heteroatoms. The molecule has 0 spiro atoms. The highest BCUT2D eigenvalue weighted by molar-refractivity contribution is 6.10. The molecule has 1 atom stereocenters. The van der Waals surface area contributed by atoms with Gasteiger partial charge < -0.3 is 0 Å². The van der Waals surface area contributed by atoms with Gasteiger partial charge in [0.05, 0.1) is 0 Å². The van der Waals surface area contributed by atoms with E-state index < -0.39 is 0 Å². The van der Waals surface area contributed by atoms with E-state index in [4.69, 9.17) is 0 Å². The Morgan fingerprint density at radius 1 is 0.367 bits per heavy atom. The molecule has 10 aromatic carbocycles. The van der Waals surface area contributed by atoms with E-state index in [0.717, 1.165) is 12.8 Å². The number of rotatable bonds is 4. The first kappa shape index (κ1) is 33.9. The molecule has 13 rings (SSSR count). The minimum atomic E-state index is -0.0884. The average molecular weight is 763 g/mol. The maximum absolute atomic E-state index is 2.57. The fraction of sp³-hybridized carbons (Fsp3) is 0.100. The first-order chi connectivity index (χ1) is 29.5. The van der Waals surface area contributed by atoms with E-state index >= 15 is 0 Å². The van der Waals surface area contributed by atoms with Crippen LogP contribution in [0.15, 0.2) is 188 Å². The van der Waals surface area contributed by atoms with Gasteiger partial charge in [-0.05, 0) is 152 Å². The fourth-order valence-electron chi connectivity index (χ4n) is 11.7. The normalized spacial score (nSPS) is 14.4. The van der Waals surface area contributed by atoms with Crippen molar-refractivity contribution in [3.8, 4) is 44.5 Å². The third-order valence-corrected chi connectivity index (χ3v) is 14.4. The Balaban J connectivity index is 1.02. The van der Waals surface area contributed by atoms with Crippen LogP contribution in [0.4, 0.5) is 0 Å². The Morgan fingerprint density at radius 3 is 1.80 bits per heavy atom. The maximum atomic E-state index is 2.57. The Hall–Kier alpha value is -7.02. The van der Waals surface area contributed by atoms with Crippen LogP contribution in [0.3, 0.4) is 0 Å². The van der Waals surface area contributed by atoms with Crippen LogP contribution in [0.5, 0.6) is 0 Å². The van der Waals surface area contributed by atoms with E-state index in [1.54, 1.807) is 0 Å². The largest absolute Gasteiger partial charge is 0.0619 e. The lowest BCUT2D eigenvalue weighted by Crippen LogP contribution is -2.16. The molecule has 0 saturated heterocycles. The van der Waals surface area contributed by atoms with Crippen molar-refractivity contribution in [2.75, 3.05) is 0 Å². The molecule has 10 aromatic rings. The van der Waals surface area contributed by atoms with E-state index in [0.29, 0.717) is 0 Å². The highest BCUT2D eigenvalue weighted by Crippen LogP contribution is 2.53. The number of hydrogen-bond donors (Lipinski definition) is 0. The van der Waals surface area contributed by atoms with Crippen LogP contribution in [0.25, 0.3) is 76.8 Å². The molecule has 0 aromatic heterocycles. The summed E-state index contributed by atoms with van der Waals surface area (Å²) in [7, 11) is 0. The van der Waals surface area contributed by atoms with Crippen molar-refractivity contribution in [1.29, 1.82) is 0 Å². The van der Waals surface area contributed by atoms with Crippen LogP contribution in [0.2, 0.25) is 0 Å². The van der Waals surface area contributed by atoms with Crippen LogP contribution in [-0.4, -0.2) is 0 Å². The smallest absolute Gasteiger partial charge is 0.0346 e. The predicted molar refractivity (Wildman–Crippen MR) is 252 cm³/mol. The van der Waals surface area contributed by atoms with Gasteiger partial charge in [0, 0.05) is 11.3 Å². The molecule has 0 N–H and O–H groups in total. The number of hydrogen-bond acceptors (Lipinski definition) is 0. The van der Waals surface area contributed by atoms with E-state index in [1.165, 1.54) is 127 Å². The molecule has 0 amide bonds. The van der Waals surface area contributed by atoms with Gasteiger partial charge in [0.25, 0.3) is 0 Å². The minimum Gasteiger partial charge on any atom is -0.0619 e. The van der Waals surface area contributed by atoms with Crippen molar-refractivity contribution in [2.45, 2.75) is 38.0 Å². The molecule has 1 unspecified atom stereocenters. The molecule has 282 valence electrons. The van der Waals surface area contributed by atoms with Crippen molar-refractivity contribution >= 4 is 32.3 Å². The lowest BCUT2D eigenvalue weighted by molar-refractivity contribution is 0.659. The molecular weight excluding hydrogens is 721 g/mol. The third-order valence-electron chi connectivity index (χ3n) is 14.4. The Bertz CT molecular complexity index is 3470. The Labute approximate surface area is 351 Å². The SMILES string of the molecule is CC1(C)c2ccccc2-c2ccc(C(c3ccc4c(c3)Cc3c-4cc4ccccc4c3-c3cccc4c3Cc3ccccc3-4)c3cc4ccccc4c4ccccc34)cc21. The summed E-state index contributed by atoms with van der Waals surface area (Å²) >= 11 is 0. The molecule has 3 aliphatic carbocycles. The van der Waals surface area contributed by atoms with Gasteiger partial charge in [0.2, 0.25) is 0 Å². The summed E-state index contributed by atoms with van der Waals surface area (Å²) < 4.78 is 0. The molecule has 0 fully saturated rings. The molecule has 0 aliphatic heterocycles. The van der Waals surface area contributed by atoms with Gasteiger partial charge in [-0.25, -0.2) is 0 Å². The first-order valence-electron chi connectivity index (χ1n) is 21.5. The summed E-state index contributed by atoms with van der Waals surface area (Å²) in [5.74, 6) is 0.0350. The van der Waals surface area contributed by atoms with Gasteiger partial charge >= 0.3 is 0 Å². The van der Waals surface area contributed by atoms with Crippen LogP contribution < -0.4 is 0 Å². The average Bonchev–Trinajstić information content (AvgIpc) is 3.93. The van der Waals surface area contributed by atoms with Crippen molar-refractivity contribution < 1.29 is 0 Å². The lowest BCUT2D eigenvalue weighted by atomic mass is 9.77. The first-order valence-corrected chi connectivity index (χ1v) is 21.5. The lowest BCUT2D eigenvalue weighted by Gasteiger charge is -2.26. The fourth-order valence-corrected chi connectivity index (χ4v) is 11.7. The topological polar surface area (TPSA) is 0 Å². The summed E-state index contributed by atoms with van der Waals surface area (Å²) in [5.41, 5.74) is 23.6. The number of benzene rings is 10. The third kappa shape index (κ3) is 4.74. The van der Waals surface area contributed by atoms with E-state index in [-0.39, 0.29) is 11.3 Å². The molecule has 0 radical (unpaired) electrons. The maximum Gasteiger partial charge on any atom is 0.0346 e. The zero-order valence-corrected chi connectivity index (χ0v) is 33.9. The molecule has 60 heavy (non-hydrogen) atoms. The van der Waals surface area contributed by atoms with Crippen LogP contribution in [0.1, 0.15) is 69.8 Å².